The summed E-state index contributed by atoms with van der Waals surface area (Å²) >= 11 is 0. The predicted octanol–water partition coefficient (Wildman–Crippen LogP) is -2.32. The number of hydrogen-bond acceptors (Lipinski definition) is 9. The lowest BCUT2D eigenvalue weighted by Crippen LogP contribution is -2.50. The van der Waals surface area contributed by atoms with E-state index in [1.807, 2.05) is 5.43 Å². The third kappa shape index (κ3) is 5.96. The van der Waals surface area contributed by atoms with Crippen molar-refractivity contribution in [2.45, 2.75) is 31.3 Å². The molecule has 25 heavy (non-hydrogen) atoms. The van der Waals surface area contributed by atoms with Crippen LogP contribution in [0.5, 0.6) is 11.5 Å². The molecule has 0 fully saturated rings. The standard InChI is InChI=1S/C15H22N2O8/c1-2-25-11-5-8(3-4-9(11)19)6-16-17-15(24)14(23)13(22)12(21)10(20)7-18/h3-6,10,12-14,18-23H,2,7H2,1H3,(H,17,24)/b16-6-/t10-,12-,13+,14+/m1/s1. The van der Waals surface area contributed by atoms with Gasteiger partial charge in [-0.05, 0) is 30.7 Å². The molecule has 0 spiro atoms. The maximum atomic E-state index is 11.7. The number of nitrogens with one attached hydrogen (secondary N) is 1. The van der Waals surface area contributed by atoms with Crippen LogP contribution in [0.15, 0.2) is 23.3 Å². The molecule has 0 saturated carbocycles. The summed E-state index contributed by atoms with van der Waals surface area (Å²) in [5.74, 6) is -0.955. The van der Waals surface area contributed by atoms with E-state index in [9.17, 15) is 30.3 Å². The number of aromatic hydroxyl groups is 1. The summed E-state index contributed by atoms with van der Waals surface area (Å²) in [6.07, 6.45) is -6.52. The molecular formula is C15H22N2O8. The van der Waals surface area contributed by atoms with Gasteiger partial charge in [-0.25, -0.2) is 5.43 Å². The summed E-state index contributed by atoms with van der Waals surface area (Å²) < 4.78 is 5.19. The van der Waals surface area contributed by atoms with Crippen LogP contribution in [-0.4, -0.2) is 80.4 Å². The molecule has 0 heterocycles. The van der Waals surface area contributed by atoms with Gasteiger partial charge in [-0.15, -0.1) is 0 Å². The van der Waals surface area contributed by atoms with Gasteiger partial charge in [0.05, 0.1) is 19.4 Å². The molecule has 0 unspecified atom stereocenters. The van der Waals surface area contributed by atoms with Gasteiger partial charge in [-0.1, -0.05) is 0 Å². The van der Waals surface area contributed by atoms with Gasteiger partial charge < -0.3 is 35.4 Å². The Kier molecular flexibility index (Phi) is 8.25. The van der Waals surface area contributed by atoms with Crippen LogP contribution in [-0.2, 0) is 4.79 Å². The van der Waals surface area contributed by atoms with Crippen LogP contribution < -0.4 is 10.2 Å². The molecule has 0 aliphatic rings. The second-order valence-corrected chi connectivity index (χ2v) is 5.07. The van der Waals surface area contributed by atoms with Crippen molar-refractivity contribution in [3.8, 4) is 11.5 Å². The number of amides is 1. The Bertz CT molecular complexity index is 595. The molecule has 0 aliphatic carbocycles. The molecule has 1 aromatic rings. The first-order valence-corrected chi connectivity index (χ1v) is 7.43. The number of hydrazone groups is 1. The highest BCUT2D eigenvalue weighted by molar-refractivity contribution is 5.85. The Balaban J connectivity index is 2.66. The highest BCUT2D eigenvalue weighted by atomic mass is 16.5. The van der Waals surface area contributed by atoms with E-state index in [2.05, 4.69) is 5.10 Å². The van der Waals surface area contributed by atoms with Gasteiger partial charge in [-0.2, -0.15) is 5.10 Å². The number of benzene rings is 1. The van der Waals surface area contributed by atoms with Crippen molar-refractivity contribution in [3.05, 3.63) is 23.8 Å². The Labute approximate surface area is 143 Å². The minimum absolute atomic E-state index is 0.0574. The van der Waals surface area contributed by atoms with Crippen molar-refractivity contribution in [2.75, 3.05) is 13.2 Å². The molecule has 140 valence electrons. The fourth-order valence-electron chi connectivity index (χ4n) is 1.80. The first-order valence-electron chi connectivity index (χ1n) is 7.43. The number of aliphatic hydroxyl groups excluding tert-OH is 5. The summed E-state index contributed by atoms with van der Waals surface area (Å²) in [5.41, 5.74) is 2.43. The molecule has 10 nitrogen and oxygen atoms in total. The van der Waals surface area contributed by atoms with Gasteiger partial charge in [0.1, 0.15) is 18.3 Å². The lowest BCUT2D eigenvalue weighted by Gasteiger charge is -2.24. The van der Waals surface area contributed by atoms with E-state index in [4.69, 9.17) is 9.84 Å². The molecule has 0 aromatic heterocycles. The first-order chi connectivity index (χ1) is 11.8. The third-order valence-corrected chi connectivity index (χ3v) is 3.20. The summed E-state index contributed by atoms with van der Waals surface area (Å²) in [6.45, 7) is 1.24. The third-order valence-electron chi connectivity index (χ3n) is 3.20. The molecule has 1 aromatic carbocycles. The Morgan fingerprint density at radius 3 is 2.56 bits per heavy atom. The number of aliphatic hydroxyl groups is 5. The molecule has 10 heteroatoms. The summed E-state index contributed by atoms with van der Waals surface area (Å²) in [5, 5.41) is 59.6. The average molecular weight is 358 g/mol. The number of ether oxygens (including phenoxy) is 1. The van der Waals surface area contributed by atoms with Crippen LogP contribution in [0.25, 0.3) is 0 Å². The fraction of sp³-hybridized carbons (Fsp3) is 0.467. The van der Waals surface area contributed by atoms with Crippen molar-refractivity contribution in [3.63, 3.8) is 0 Å². The summed E-state index contributed by atoms with van der Waals surface area (Å²) in [6, 6.07) is 4.35. The first kappa shape index (κ1) is 20.8. The number of phenolic OH excluding ortho intramolecular Hbond substituents is 1. The quantitative estimate of drug-likeness (QED) is 0.190. The normalized spacial score (nSPS) is 16.2. The highest BCUT2D eigenvalue weighted by Gasteiger charge is 2.34. The number of carbonyl (C=O) groups excluding carboxylic acids is 1. The van der Waals surface area contributed by atoms with Gasteiger partial charge in [0.15, 0.2) is 17.6 Å². The molecule has 0 aliphatic heterocycles. The number of hydrogen-bond donors (Lipinski definition) is 7. The zero-order chi connectivity index (χ0) is 19.0. The molecule has 1 rings (SSSR count). The van der Waals surface area contributed by atoms with Gasteiger partial charge in [-0.3, -0.25) is 4.79 Å². The Morgan fingerprint density at radius 2 is 1.96 bits per heavy atom. The van der Waals surface area contributed by atoms with E-state index in [-0.39, 0.29) is 11.5 Å². The maximum Gasteiger partial charge on any atom is 0.271 e. The van der Waals surface area contributed by atoms with Crippen LogP contribution in [0.3, 0.4) is 0 Å². The van der Waals surface area contributed by atoms with Gasteiger partial charge in [0.2, 0.25) is 0 Å². The molecule has 1 amide bonds. The topological polar surface area (TPSA) is 172 Å². The molecule has 4 atom stereocenters. The average Bonchev–Trinajstić information content (AvgIpc) is 2.61. The van der Waals surface area contributed by atoms with E-state index in [1.54, 1.807) is 6.92 Å². The zero-order valence-electron chi connectivity index (χ0n) is 13.5. The van der Waals surface area contributed by atoms with Crippen LogP contribution in [0.1, 0.15) is 12.5 Å². The van der Waals surface area contributed by atoms with E-state index in [0.29, 0.717) is 12.2 Å². The van der Waals surface area contributed by atoms with Crippen LogP contribution in [0, 0.1) is 0 Å². The lowest BCUT2D eigenvalue weighted by molar-refractivity contribution is -0.148. The molecule has 0 radical (unpaired) electrons. The molecule has 0 saturated heterocycles. The van der Waals surface area contributed by atoms with E-state index < -0.39 is 36.9 Å². The second-order valence-electron chi connectivity index (χ2n) is 5.07. The Morgan fingerprint density at radius 1 is 1.28 bits per heavy atom. The van der Waals surface area contributed by atoms with Gasteiger partial charge in [0.25, 0.3) is 5.91 Å². The number of nitrogens with zero attached hydrogens (tertiary/aromatic N) is 1. The molecule has 7 N–H and O–H groups in total. The van der Waals surface area contributed by atoms with Crippen molar-refractivity contribution in [1.82, 2.24) is 5.43 Å². The largest absolute Gasteiger partial charge is 0.504 e. The van der Waals surface area contributed by atoms with Crippen LogP contribution >= 0.6 is 0 Å². The van der Waals surface area contributed by atoms with Crippen LogP contribution in [0.2, 0.25) is 0 Å². The number of phenols is 1. The molecular weight excluding hydrogens is 336 g/mol. The fourth-order valence-corrected chi connectivity index (χ4v) is 1.80. The number of rotatable bonds is 9. The van der Waals surface area contributed by atoms with Crippen molar-refractivity contribution in [1.29, 1.82) is 0 Å². The van der Waals surface area contributed by atoms with Crippen molar-refractivity contribution >= 4 is 12.1 Å². The van der Waals surface area contributed by atoms with E-state index in [1.165, 1.54) is 24.4 Å². The van der Waals surface area contributed by atoms with Crippen LogP contribution in [0.4, 0.5) is 0 Å². The number of carbonyl (C=O) groups is 1. The van der Waals surface area contributed by atoms with Gasteiger partial charge in [0, 0.05) is 0 Å². The van der Waals surface area contributed by atoms with Crippen molar-refractivity contribution < 1.29 is 40.2 Å². The van der Waals surface area contributed by atoms with E-state index in [0.717, 1.165) is 0 Å². The zero-order valence-corrected chi connectivity index (χ0v) is 13.5. The summed E-state index contributed by atoms with van der Waals surface area (Å²) in [4.78, 5) is 11.7. The SMILES string of the molecule is CCOc1cc(/C=N\NC(=O)[C@@H](O)[C@@H](O)[C@H](O)[C@H](O)CO)ccc1O. The van der Waals surface area contributed by atoms with Gasteiger partial charge >= 0.3 is 0 Å². The maximum absolute atomic E-state index is 11.7. The van der Waals surface area contributed by atoms with Crippen molar-refractivity contribution in [2.24, 2.45) is 5.10 Å². The monoisotopic (exact) mass is 358 g/mol. The second kappa shape index (κ2) is 9.91. The molecule has 0 bridgehead atoms. The highest BCUT2D eigenvalue weighted by Crippen LogP contribution is 2.26. The lowest BCUT2D eigenvalue weighted by atomic mass is 10.0. The minimum atomic E-state index is -2.08. The smallest absolute Gasteiger partial charge is 0.271 e. The predicted molar refractivity (Wildman–Crippen MR) is 86.1 cm³/mol. The van der Waals surface area contributed by atoms with E-state index >= 15 is 0 Å². The summed E-state index contributed by atoms with van der Waals surface area (Å²) in [7, 11) is 0. The minimum Gasteiger partial charge on any atom is -0.504 e. The Hall–Kier alpha value is -2.24.